The van der Waals surface area contributed by atoms with Crippen LogP contribution in [0.3, 0.4) is 0 Å². The van der Waals surface area contributed by atoms with Gasteiger partial charge in [-0.1, -0.05) is 13.8 Å². The first-order valence-electron chi connectivity index (χ1n) is 4.22. The molecule has 0 bridgehead atoms. The van der Waals surface area contributed by atoms with Crippen molar-refractivity contribution in [2.75, 3.05) is 5.73 Å². The summed E-state index contributed by atoms with van der Waals surface area (Å²) in [6, 6.07) is 2.07. The lowest BCUT2D eigenvalue weighted by Crippen LogP contribution is -1.97. The van der Waals surface area contributed by atoms with Gasteiger partial charge in [0.1, 0.15) is 11.5 Å². The first kappa shape index (κ1) is 12.3. The fraction of sp³-hybridized carbons (Fsp3) is 0.333. The van der Waals surface area contributed by atoms with Crippen LogP contribution in [0, 0.1) is 22.9 Å². The normalized spacial score (nSPS) is 8.86. The molecule has 14 heavy (non-hydrogen) atoms. The van der Waals surface area contributed by atoms with Crippen molar-refractivity contribution in [1.82, 2.24) is 0 Å². The molecular formula is C9H13FN2O2. The van der Waals surface area contributed by atoms with Gasteiger partial charge in [-0.15, -0.1) is 0 Å². The molecule has 0 aliphatic carbocycles. The topological polar surface area (TPSA) is 69.2 Å². The zero-order chi connectivity index (χ0) is 11.3. The van der Waals surface area contributed by atoms with E-state index in [1.165, 1.54) is 6.92 Å². The highest BCUT2D eigenvalue weighted by Crippen LogP contribution is 2.24. The number of hydrogen-bond donors (Lipinski definition) is 1. The molecule has 1 aromatic rings. The third-order valence-electron chi connectivity index (χ3n) is 1.50. The number of aryl methyl sites for hydroxylation is 1. The Morgan fingerprint density at radius 1 is 1.43 bits per heavy atom. The molecule has 0 saturated carbocycles. The monoisotopic (exact) mass is 200 g/mol. The number of anilines is 1. The molecule has 0 amide bonds. The van der Waals surface area contributed by atoms with Crippen LogP contribution in [0.25, 0.3) is 0 Å². The summed E-state index contributed by atoms with van der Waals surface area (Å²) in [7, 11) is 0. The van der Waals surface area contributed by atoms with Crippen LogP contribution in [0.4, 0.5) is 15.8 Å². The Labute approximate surface area is 81.7 Å². The fourth-order valence-electron chi connectivity index (χ4n) is 0.840. The van der Waals surface area contributed by atoms with E-state index in [-0.39, 0.29) is 16.9 Å². The van der Waals surface area contributed by atoms with Gasteiger partial charge >= 0.3 is 0 Å². The number of benzene rings is 1. The number of hydrogen-bond acceptors (Lipinski definition) is 3. The summed E-state index contributed by atoms with van der Waals surface area (Å²) in [5, 5.41) is 10.3. The van der Waals surface area contributed by atoms with Crippen LogP contribution in [0.15, 0.2) is 12.1 Å². The third-order valence-corrected chi connectivity index (χ3v) is 1.50. The zero-order valence-corrected chi connectivity index (χ0v) is 8.37. The minimum absolute atomic E-state index is 0.150. The van der Waals surface area contributed by atoms with Crippen LogP contribution in [0.5, 0.6) is 0 Å². The molecule has 0 atom stereocenters. The minimum Gasteiger partial charge on any atom is -0.393 e. The van der Waals surface area contributed by atoms with Gasteiger partial charge in [-0.2, -0.15) is 0 Å². The maximum Gasteiger partial charge on any atom is 0.292 e. The second kappa shape index (κ2) is 5.16. The minimum atomic E-state index is -0.637. The van der Waals surface area contributed by atoms with E-state index in [1.54, 1.807) is 0 Å². The second-order valence-corrected chi connectivity index (χ2v) is 2.42. The molecule has 5 heteroatoms. The maximum absolute atomic E-state index is 12.7. The number of halogens is 1. The van der Waals surface area contributed by atoms with Gasteiger partial charge in [0, 0.05) is 12.1 Å². The third kappa shape index (κ3) is 2.69. The molecule has 0 spiro atoms. The highest BCUT2D eigenvalue weighted by Gasteiger charge is 2.13. The van der Waals surface area contributed by atoms with Gasteiger partial charge in [0.05, 0.1) is 4.92 Å². The van der Waals surface area contributed by atoms with E-state index in [2.05, 4.69) is 0 Å². The number of nitrogen functional groups attached to an aromatic ring is 1. The Morgan fingerprint density at radius 3 is 2.36 bits per heavy atom. The first-order chi connectivity index (χ1) is 6.52. The summed E-state index contributed by atoms with van der Waals surface area (Å²) >= 11 is 0. The van der Waals surface area contributed by atoms with Crippen molar-refractivity contribution in [2.45, 2.75) is 20.8 Å². The number of nitro groups is 1. The standard InChI is InChI=1S/C7H7FN2O2.C2H6/c1-4-2-7(10(11)12)6(9)3-5(4)8;1-2/h2-3H,9H2,1H3;1-2H3. The summed E-state index contributed by atoms with van der Waals surface area (Å²) in [6.07, 6.45) is 0. The molecule has 0 aromatic heterocycles. The van der Waals surface area contributed by atoms with E-state index >= 15 is 0 Å². The van der Waals surface area contributed by atoms with Crippen LogP contribution < -0.4 is 5.73 Å². The van der Waals surface area contributed by atoms with E-state index < -0.39 is 10.7 Å². The summed E-state index contributed by atoms with van der Waals surface area (Å²) in [5.74, 6) is -0.530. The molecule has 2 N–H and O–H groups in total. The van der Waals surface area contributed by atoms with E-state index in [0.29, 0.717) is 0 Å². The van der Waals surface area contributed by atoms with Gasteiger partial charge in [0.2, 0.25) is 0 Å². The maximum atomic E-state index is 12.7. The second-order valence-electron chi connectivity index (χ2n) is 2.42. The van der Waals surface area contributed by atoms with E-state index in [9.17, 15) is 14.5 Å². The predicted molar refractivity (Wildman–Crippen MR) is 53.6 cm³/mol. The zero-order valence-electron chi connectivity index (χ0n) is 8.37. The molecule has 4 nitrogen and oxygen atoms in total. The lowest BCUT2D eigenvalue weighted by Gasteiger charge is -1.99. The van der Waals surface area contributed by atoms with Crippen molar-refractivity contribution in [3.05, 3.63) is 33.6 Å². The molecule has 1 rings (SSSR count). The van der Waals surface area contributed by atoms with E-state index in [1.807, 2.05) is 13.8 Å². The number of nitrogens with zero attached hydrogens (tertiary/aromatic N) is 1. The van der Waals surface area contributed by atoms with Crippen molar-refractivity contribution >= 4 is 11.4 Å². The average Bonchev–Trinajstić information content (AvgIpc) is 2.14. The Kier molecular flexibility index (Phi) is 4.55. The van der Waals surface area contributed by atoms with Crippen molar-refractivity contribution in [3.8, 4) is 0 Å². The Balaban J connectivity index is 0.000000791. The Hall–Kier alpha value is -1.65. The molecule has 1 aromatic carbocycles. The number of rotatable bonds is 1. The quantitative estimate of drug-likeness (QED) is 0.430. The predicted octanol–water partition coefficient (Wildman–Crippen LogP) is 2.65. The van der Waals surface area contributed by atoms with Gasteiger partial charge in [-0.05, 0) is 12.5 Å². The van der Waals surface area contributed by atoms with Gasteiger partial charge in [0.25, 0.3) is 5.69 Å². The number of nitro benzene ring substituents is 1. The van der Waals surface area contributed by atoms with Gasteiger partial charge < -0.3 is 5.73 Å². The van der Waals surface area contributed by atoms with Crippen LogP contribution in [-0.2, 0) is 0 Å². The molecule has 0 unspecified atom stereocenters. The molecular weight excluding hydrogens is 187 g/mol. The van der Waals surface area contributed by atoms with Crippen LogP contribution in [0.2, 0.25) is 0 Å². The lowest BCUT2D eigenvalue weighted by molar-refractivity contribution is -0.384. The summed E-state index contributed by atoms with van der Waals surface area (Å²) in [4.78, 5) is 9.65. The van der Waals surface area contributed by atoms with Gasteiger partial charge in [-0.25, -0.2) is 4.39 Å². The summed E-state index contributed by atoms with van der Waals surface area (Å²) < 4.78 is 12.7. The van der Waals surface area contributed by atoms with Crippen LogP contribution in [0.1, 0.15) is 19.4 Å². The lowest BCUT2D eigenvalue weighted by atomic mass is 10.2. The molecule has 0 fully saturated rings. The van der Waals surface area contributed by atoms with Gasteiger partial charge in [0.15, 0.2) is 0 Å². The number of nitrogens with two attached hydrogens (primary N) is 1. The van der Waals surface area contributed by atoms with Crippen molar-refractivity contribution in [1.29, 1.82) is 0 Å². The Morgan fingerprint density at radius 2 is 1.93 bits per heavy atom. The SMILES string of the molecule is CC.Cc1cc([N+](=O)[O-])c(N)cc1F. The van der Waals surface area contributed by atoms with Gasteiger partial charge in [-0.3, -0.25) is 10.1 Å². The fourth-order valence-corrected chi connectivity index (χ4v) is 0.840. The highest BCUT2D eigenvalue weighted by atomic mass is 19.1. The molecule has 0 saturated heterocycles. The van der Waals surface area contributed by atoms with E-state index in [4.69, 9.17) is 5.73 Å². The summed E-state index contributed by atoms with van der Waals surface area (Å²) in [6.45, 7) is 5.45. The largest absolute Gasteiger partial charge is 0.393 e. The van der Waals surface area contributed by atoms with Crippen molar-refractivity contribution in [2.24, 2.45) is 0 Å². The first-order valence-corrected chi connectivity index (χ1v) is 4.22. The van der Waals surface area contributed by atoms with Crippen molar-refractivity contribution < 1.29 is 9.31 Å². The molecule has 0 radical (unpaired) electrons. The highest BCUT2D eigenvalue weighted by molar-refractivity contribution is 5.59. The Bertz CT molecular complexity index is 340. The molecule has 78 valence electrons. The summed E-state index contributed by atoms with van der Waals surface area (Å²) in [5.41, 5.74) is 5.02. The molecule has 0 heterocycles. The molecule has 0 aliphatic rings. The smallest absolute Gasteiger partial charge is 0.292 e. The molecule has 0 aliphatic heterocycles. The average molecular weight is 200 g/mol. The van der Waals surface area contributed by atoms with E-state index in [0.717, 1.165) is 12.1 Å². The van der Waals surface area contributed by atoms with Crippen LogP contribution >= 0.6 is 0 Å². The van der Waals surface area contributed by atoms with Crippen LogP contribution in [-0.4, -0.2) is 4.92 Å². The van der Waals surface area contributed by atoms with Crippen molar-refractivity contribution in [3.63, 3.8) is 0 Å².